The molecule has 5 aromatic rings. The summed E-state index contributed by atoms with van der Waals surface area (Å²) >= 11 is 0. The molecule has 0 atom stereocenters. The molecule has 0 unspecified atom stereocenters. The number of halogens is 1. The van der Waals surface area contributed by atoms with Gasteiger partial charge in [0.2, 0.25) is 17.8 Å². The van der Waals surface area contributed by atoms with Crippen LogP contribution in [0.1, 0.15) is 5.76 Å². The van der Waals surface area contributed by atoms with E-state index in [2.05, 4.69) is 36.1 Å². The minimum Gasteiger partial charge on any atom is -0.455 e. The Bertz CT molecular complexity index is 1360. The summed E-state index contributed by atoms with van der Waals surface area (Å²) in [6.45, 7) is 0. The number of anilines is 5. The largest absolute Gasteiger partial charge is 0.455 e. The van der Waals surface area contributed by atoms with Crippen LogP contribution in [0.4, 0.5) is 33.6 Å². The van der Waals surface area contributed by atoms with E-state index in [1.54, 1.807) is 24.3 Å². The summed E-state index contributed by atoms with van der Waals surface area (Å²) in [5, 5.41) is 10.5. The van der Waals surface area contributed by atoms with Crippen molar-refractivity contribution in [2.24, 2.45) is 5.10 Å². The Morgan fingerprint density at radius 2 is 1.23 bits per heavy atom. The third-order valence-electron chi connectivity index (χ3n) is 4.81. The van der Waals surface area contributed by atoms with Gasteiger partial charge in [0, 0.05) is 16.9 Å². The van der Waals surface area contributed by atoms with E-state index in [4.69, 9.17) is 4.42 Å². The third kappa shape index (κ3) is 5.85. The number of rotatable bonds is 8. The predicted molar refractivity (Wildman–Crippen MR) is 135 cm³/mol. The minimum absolute atomic E-state index is 0.235. The zero-order chi connectivity index (χ0) is 23.9. The highest BCUT2D eigenvalue weighted by Gasteiger charge is 2.08. The SMILES string of the molecule is Fc1ccc(-c2ccc(C=NNc3nc(Nc4ccccc4)nc(Nc4ccccc4)n3)o2)cc1. The van der Waals surface area contributed by atoms with Gasteiger partial charge in [-0.25, -0.2) is 9.82 Å². The van der Waals surface area contributed by atoms with Crippen molar-refractivity contribution in [2.45, 2.75) is 0 Å². The van der Waals surface area contributed by atoms with Crippen molar-refractivity contribution >= 4 is 35.4 Å². The number of para-hydroxylation sites is 2. The molecule has 2 aromatic heterocycles. The maximum Gasteiger partial charge on any atom is 0.250 e. The Hall–Kier alpha value is -5.05. The van der Waals surface area contributed by atoms with E-state index in [1.165, 1.54) is 18.3 Å². The molecule has 0 radical (unpaired) electrons. The van der Waals surface area contributed by atoms with Crippen LogP contribution in [0.3, 0.4) is 0 Å². The van der Waals surface area contributed by atoms with Gasteiger partial charge in [-0.2, -0.15) is 20.1 Å². The van der Waals surface area contributed by atoms with Crippen LogP contribution in [0, 0.1) is 5.82 Å². The highest BCUT2D eigenvalue weighted by atomic mass is 19.1. The lowest BCUT2D eigenvalue weighted by Gasteiger charge is -2.10. The highest BCUT2D eigenvalue weighted by Crippen LogP contribution is 2.22. The van der Waals surface area contributed by atoms with E-state index in [0.717, 1.165) is 16.9 Å². The number of nitrogens with one attached hydrogen (secondary N) is 3. The van der Waals surface area contributed by atoms with Crippen molar-refractivity contribution in [3.05, 3.63) is 109 Å². The smallest absolute Gasteiger partial charge is 0.250 e. The van der Waals surface area contributed by atoms with Gasteiger partial charge in [-0.3, -0.25) is 0 Å². The molecule has 8 nitrogen and oxygen atoms in total. The van der Waals surface area contributed by atoms with Gasteiger partial charge in [-0.15, -0.1) is 0 Å². The number of hydrazone groups is 1. The van der Waals surface area contributed by atoms with E-state index < -0.39 is 0 Å². The first kappa shape index (κ1) is 21.8. The van der Waals surface area contributed by atoms with Crippen LogP contribution in [0.25, 0.3) is 11.3 Å². The second-order valence-corrected chi connectivity index (χ2v) is 7.37. The van der Waals surface area contributed by atoms with Gasteiger partial charge in [0.25, 0.3) is 0 Å². The molecule has 0 aliphatic carbocycles. The Morgan fingerprint density at radius 3 is 1.83 bits per heavy atom. The Morgan fingerprint density at radius 1 is 0.657 bits per heavy atom. The molecule has 0 aliphatic heterocycles. The second kappa shape index (κ2) is 10.3. The van der Waals surface area contributed by atoms with Gasteiger partial charge in [0.05, 0.1) is 6.21 Å². The van der Waals surface area contributed by atoms with Crippen LogP contribution in [-0.2, 0) is 0 Å². The molecule has 0 fully saturated rings. The Kier molecular flexibility index (Phi) is 6.38. The zero-order valence-corrected chi connectivity index (χ0v) is 18.4. The van der Waals surface area contributed by atoms with Crippen LogP contribution >= 0.6 is 0 Å². The number of hydrogen-bond donors (Lipinski definition) is 3. The summed E-state index contributed by atoms with van der Waals surface area (Å²) in [6, 6.07) is 28.8. The molecule has 0 aliphatic rings. The molecular weight excluding hydrogens is 445 g/mol. The average molecular weight is 465 g/mol. The van der Waals surface area contributed by atoms with Crippen molar-refractivity contribution in [2.75, 3.05) is 16.1 Å². The molecule has 0 amide bonds. The highest BCUT2D eigenvalue weighted by molar-refractivity contribution is 5.78. The van der Waals surface area contributed by atoms with E-state index in [9.17, 15) is 4.39 Å². The van der Waals surface area contributed by atoms with E-state index in [-0.39, 0.29) is 11.8 Å². The monoisotopic (exact) mass is 465 g/mol. The average Bonchev–Trinajstić information content (AvgIpc) is 3.35. The first-order chi connectivity index (χ1) is 17.2. The molecule has 0 bridgehead atoms. The maximum absolute atomic E-state index is 13.2. The lowest BCUT2D eigenvalue weighted by atomic mass is 10.2. The van der Waals surface area contributed by atoms with Crippen molar-refractivity contribution in [3.63, 3.8) is 0 Å². The van der Waals surface area contributed by atoms with E-state index >= 15 is 0 Å². The van der Waals surface area contributed by atoms with Crippen molar-refractivity contribution in [1.82, 2.24) is 15.0 Å². The summed E-state index contributed by atoms with van der Waals surface area (Å²) < 4.78 is 18.9. The molecule has 0 saturated heterocycles. The molecular formula is C26H20FN7O. The topological polar surface area (TPSA) is 100 Å². The normalized spacial score (nSPS) is 10.9. The molecule has 3 N–H and O–H groups in total. The van der Waals surface area contributed by atoms with Crippen LogP contribution < -0.4 is 16.1 Å². The van der Waals surface area contributed by atoms with Crippen LogP contribution in [0.15, 0.2) is 107 Å². The van der Waals surface area contributed by atoms with Crippen molar-refractivity contribution in [3.8, 4) is 11.3 Å². The zero-order valence-electron chi connectivity index (χ0n) is 18.4. The van der Waals surface area contributed by atoms with Gasteiger partial charge in [-0.1, -0.05) is 36.4 Å². The lowest BCUT2D eigenvalue weighted by Crippen LogP contribution is -2.07. The molecule has 5 rings (SSSR count). The molecule has 9 heteroatoms. The van der Waals surface area contributed by atoms with Crippen molar-refractivity contribution in [1.29, 1.82) is 0 Å². The molecule has 3 aromatic carbocycles. The van der Waals surface area contributed by atoms with Gasteiger partial charge in [-0.05, 0) is 60.7 Å². The van der Waals surface area contributed by atoms with E-state index in [0.29, 0.717) is 23.4 Å². The van der Waals surface area contributed by atoms with Gasteiger partial charge in [0.15, 0.2) is 0 Å². The van der Waals surface area contributed by atoms with Gasteiger partial charge < -0.3 is 15.1 Å². The van der Waals surface area contributed by atoms with Gasteiger partial charge in [0.1, 0.15) is 17.3 Å². The van der Waals surface area contributed by atoms with Crippen molar-refractivity contribution < 1.29 is 8.81 Å². The summed E-state index contributed by atoms with van der Waals surface area (Å²) in [5.41, 5.74) is 5.26. The molecule has 35 heavy (non-hydrogen) atoms. The molecule has 172 valence electrons. The number of hydrogen-bond acceptors (Lipinski definition) is 8. The van der Waals surface area contributed by atoms with Crippen LogP contribution in [0.5, 0.6) is 0 Å². The van der Waals surface area contributed by atoms with Gasteiger partial charge >= 0.3 is 0 Å². The summed E-state index contributed by atoms with van der Waals surface area (Å²) in [5.74, 6) is 1.74. The van der Waals surface area contributed by atoms with Crippen LogP contribution in [-0.4, -0.2) is 21.2 Å². The van der Waals surface area contributed by atoms with Crippen LogP contribution in [0.2, 0.25) is 0 Å². The third-order valence-corrected chi connectivity index (χ3v) is 4.81. The standard InChI is InChI=1S/C26H20FN7O/c27-19-13-11-18(12-14-19)23-16-15-22(35-23)17-28-34-26-32-24(29-20-7-3-1-4-8-20)31-25(33-26)30-21-9-5-2-6-10-21/h1-17H,(H3,29,30,31,32,33,34). The minimum atomic E-state index is -0.300. The number of benzene rings is 3. The molecule has 2 heterocycles. The number of nitrogens with zero attached hydrogens (tertiary/aromatic N) is 4. The molecule has 0 saturated carbocycles. The fourth-order valence-electron chi connectivity index (χ4n) is 3.18. The second-order valence-electron chi connectivity index (χ2n) is 7.37. The summed E-state index contributed by atoms with van der Waals surface area (Å²) in [6.07, 6.45) is 1.51. The first-order valence-electron chi connectivity index (χ1n) is 10.8. The predicted octanol–water partition coefficient (Wildman–Crippen LogP) is 6.20. The first-order valence-corrected chi connectivity index (χ1v) is 10.8. The fraction of sp³-hybridized carbons (Fsp3) is 0. The summed E-state index contributed by atoms with van der Waals surface area (Å²) in [7, 11) is 0. The fourth-order valence-corrected chi connectivity index (χ4v) is 3.18. The Balaban J connectivity index is 1.34. The number of furan rings is 1. The lowest BCUT2D eigenvalue weighted by molar-refractivity contribution is 0.574. The quantitative estimate of drug-likeness (QED) is 0.185. The maximum atomic E-state index is 13.2. The molecule has 0 spiro atoms. The summed E-state index contributed by atoms with van der Waals surface area (Å²) in [4.78, 5) is 13.2. The number of aromatic nitrogens is 3. The Labute approximate surface area is 200 Å². The van der Waals surface area contributed by atoms with E-state index in [1.807, 2.05) is 60.7 Å².